The Morgan fingerprint density at radius 1 is 1.41 bits per heavy atom. The Bertz CT molecular complexity index is 536. The van der Waals surface area contributed by atoms with Gasteiger partial charge < -0.3 is 14.6 Å². The minimum atomic E-state index is 0.516. The molecule has 0 saturated carbocycles. The smallest absolute Gasteiger partial charge is 0.261 e. The normalized spacial score (nSPS) is 13.7. The van der Waals surface area contributed by atoms with E-state index in [2.05, 4.69) is 15.5 Å². The van der Waals surface area contributed by atoms with Gasteiger partial charge in [-0.15, -0.1) is 0 Å². The topological polar surface area (TPSA) is 60.2 Å². The summed E-state index contributed by atoms with van der Waals surface area (Å²) in [6.45, 7) is 3.46. The molecule has 3 rings (SSSR count). The van der Waals surface area contributed by atoms with Crippen LogP contribution < -0.4 is 10.1 Å². The number of aromatic nitrogens is 2. The summed E-state index contributed by atoms with van der Waals surface area (Å²) >= 11 is 0. The summed E-state index contributed by atoms with van der Waals surface area (Å²) in [5, 5.41) is 7.18. The van der Waals surface area contributed by atoms with E-state index in [1.165, 1.54) is 0 Å². The maximum Gasteiger partial charge on any atom is 0.261 e. The van der Waals surface area contributed by atoms with Crippen LogP contribution in [0.25, 0.3) is 11.5 Å². The molecular formula is C12H13N3O2. The van der Waals surface area contributed by atoms with Crippen LogP contribution in [-0.2, 0) is 6.42 Å². The molecule has 1 aliphatic rings. The standard InChI is InChI=1S/C12H13N3O2/c1-2-10-14-12(17-15-10)8-4-3-5-9-11(8)16-7-6-13-9/h3-5,13H,2,6-7H2,1H3. The van der Waals surface area contributed by atoms with Crippen LogP contribution >= 0.6 is 0 Å². The van der Waals surface area contributed by atoms with Crippen LogP contribution in [0.2, 0.25) is 0 Å². The van der Waals surface area contributed by atoms with Gasteiger partial charge in [-0.05, 0) is 12.1 Å². The first kappa shape index (κ1) is 10.1. The van der Waals surface area contributed by atoms with Crippen LogP contribution in [0.3, 0.4) is 0 Å². The molecule has 0 amide bonds. The van der Waals surface area contributed by atoms with Gasteiger partial charge in [0.1, 0.15) is 6.61 Å². The van der Waals surface area contributed by atoms with Crippen LogP contribution in [0.4, 0.5) is 5.69 Å². The SMILES string of the molecule is CCc1noc(-c2cccc3c2OCCN3)n1. The summed E-state index contributed by atoms with van der Waals surface area (Å²) in [6.07, 6.45) is 0.762. The zero-order valence-corrected chi connectivity index (χ0v) is 9.56. The molecule has 0 spiro atoms. The van der Waals surface area contributed by atoms with E-state index in [1.54, 1.807) is 0 Å². The number of para-hydroxylation sites is 1. The lowest BCUT2D eigenvalue weighted by Gasteiger charge is -2.20. The van der Waals surface area contributed by atoms with Crippen LogP contribution in [0, 0.1) is 0 Å². The fraction of sp³-hybridized carbons (Fsp3) is 0.333. The predicted octanol–water partition coefficient (Wildman–Crippen LogP) is 2.10. The van der Waals surface area contributed by atoms with Crippen molar-refractivity contribution in [3.63, 3.8) is 0 Å². The van der Waals surface area contributed by atoms with Crippen molar-refractivity contribution in [2.75, 3.05) is 18.5 Å². The van der Waals surface area contributed by atoms with Gasteiger partial charge in [0.25, 0.3) is 5.89 Å². The van der Waals surface area contributed by atoms with Gasteiger partial charge in [-0.3, -0.25) is 0 Å². The van der Waals surface area contributed by atoms with Crippen molar-refractivity contribution in [3.05, 3.63) is 24.0 Å². The Morgan fingerprint density at radius 2 is 2.35 bits per heavy atom. The number of nitrogens with one attached hydrogen (secondary N) is 1. The third-order valence-electron chi connectivity index (χ3n) is 2.69. The molecule has 88 valence electrons. The van der Waals surface area contributed by atoms with Crippen molar-refractivity contribution in [1.82, 2.24) is 10.1 Å². The summed E-state index contributed by atoms with van der Waals surface area (Å²) in [4.78, 5) is 4.32. The van der Waals surface area contributed by atoms with E-state index in [1.807, 2.05) is 25.1 Å². The number of ether oxygens (including phenoxy) is 1. The average Bonchev–Trinajstić information content (AvgIpc) is 2.87. The first-order valence-electron chi connectivity index (χ1n) is 5.71. The number of benzene rings is 1. The Kier molecular flexibility index (Phi) is 2.44. The van der Waals surface area contributed by atoms with Crippen molar-refractivity contribution in [2.24, 2.45) is 0 Å². The molecule has 0 saturated heterocycles. The highest BCUT2D eigenvalue weighted by molar-refractivity contribution is 5.74. The lowest BCUT2D eigenvalue weighted by molar-refractivity contribution is 0.322. The predicted molar refractivity (Wildman–Crippen MR) is 63.1 cm³/mol. The van der Waals surface area contributed by atoms with Crippen molar-refractivity contribution in [3.8, 4) is 17.2 Å². The lowest BCUT2D eigenvalue weighted by atomic mass is 10.1. The molecule has 2 heterocycles. The largest absolute Gasteiger partial charge is 0.489 e. The van der Waals surface area contributed by atoms with Crippen LogP contribution in [-0.4, -0.2) is 23.3 Å². The summed E-state index contributed by atoms with van der Waals surface area (Å²) in [6, 6.07) is 5.86. The van der Waals surface area contributed by atoms with E-state index >= 15 is 0 Å². The Morgan fingerprint density at radius 3 is 3.18 bits per heavy atom. The molecule has 1 aromatic carbocycles. The minimum absolute atomic E-state index is 0.516. The van der Waals surface area contributed by atoms with E-state index in [9.17, 15) is 0 Å². The third kappa shape index (κ3) is 1.73. The first-order chi connectivity index (χ1) is 8.38. The molecule has 0 bridgehead atoms. The summed E-state index contributed by atoms with van der Waals surface area (Å²) in [5.41, 5.74) is 1.83. The van der Waals surface area contributed by atoms with Gasteiger partial charge in [0.2, 0.25) is 0 Å². The molecule has 5 heteroatoms. The molecule has 0 unspecified atom stereocenters. The molecule has 1 aromatic heterocycles. The first-order valence-corrected chi connectivity index (χ1v) is 5.71. The summed E-state index contributed by atoms with van der Waals surface area (Å²) in [7, 11) is 0. The van der Waals surface area contributed by atoms with Crippen molar-refractivity contribution in [2.45, 2.75) is 13.3 Å². The fourth-order valence-corrected chi connectivity index (χ4v) is 1.85. The van der Waals surface area contributed by atoms with Gasteiger partial charge >= 0.3 is 0 Å². The highest BCUT2D eigenvalue weighted by Crippen LogP contribution is 2.37. The van der Waals surface area contributed by atoms with Crippen molar-refractivity contribution >= 4 is 5.69 Å². The Balaban J connectivity index is 2.07. The maximum absolute atomic E-state index is 5.66. The van der Waals surface area contributed by atoms with Gasteiger partial charge in [-0.1, -0.05) is 18.1 Å². The second-order valence-electron chi connectivity index (χ2n) is 3.83. The Labute approximate surface area is 98.8 Å². The van der Waals surface area contributed by atoms with E-state index in [0.717, 1.165) is 30.0 Å². The number of fused-ring (bicyclic) bond motifs is 1. The highest BCUT2D eigenvalue weighted by Gasteiger charge is 2.18. The quantitative estimate of drug-likeness (QED) is 0.857. The van der Waals surface area contributed by atoms with Crippen LogP contribution in [0.5, 0.6) is 5.75 Å². The molecule has 1 N–H and O–H groups in total. The molecule has 17 heavy (non-hydrogen) atoms. The van der Waals surface area contributed by atoms with E-state index in [-0.39, 0.29) is 0 Å². The van der Waals surface area contributed by atoms with Gasteiger partial charge in [0.15, 0.2) is 11.6 Å². The Hall–Kier alpha value is -2.04. The van der Waals surface area contributed by atoms with Gasteiger partial charge in [-0.2, -0.15) is 4.98 Å². The fourth-order valence-electron chi connectivity index (χ4n) is 1.85. The third-order valence-corrected chi connectivity index (χ3v) is 2.69. The second-order valence-corrected chi connectivity index (χ2v) is 3.83. The minimum Gasteiger partial charge on any atom is -0.489 e. The van der Waals surface area contributed by atoms with Crippen LogP contribution in [0.1, 0.15) is 12.7 Å². The second kappa shape index (κ2) is 4.08. The van der Waals surface area contributed by atoms with Crippen molar-refractivity contribution in [1.29, 1.82) is 0 Å². The van der Waals surface area contributed by atoms with Gasteiger partial charge in [0, 0.05) is 13.0 Å². The number of rotatable bonds is 2. The number of hydrogen-bond acceptors (Lipinski definition) is 5. The molecule has 0 radical (unpaired) electrons. The van der Waals surface area contributed by atoms with E-state index in [0.29, 0.717) is 18.3 Å². The van der Waals surface area contributed by atoms with E-state index in [4.69, 9.17) is 9.26 Å². The number of nitrogens with zero attached hydrogens (tertiary/aromatic N) is 2. The monoisotopic (exact) mass is 231 g/mol. The number of anilines is 1. The zero-order chi connectivity index (χ0) is 11.7. The zero-order valence-electron chi connectivity index (χ0n) is 9.56. The number of hydrogen-bond donors (Lipinski definition) is 1. The molecule has 2 aromatic rings. The molecule has 0 aliphatic carbocycles. The molecule has 0 fully saturated rings. The van der Waals surface area contributed by atoms with Gasteiger partial charge in [-0.25, -0.2) is 0 Å². The van der Waals surface area contributed by atoms with E-state index < -0.39 is 0 Å². The number of aryl methyl sites for hydroxylation is 1. The molecular weight excluding hydrogens is 218 g/mol. The highest BCUT2D eigenvalue weighted by atomic mass is 16.5. The molecule has 1 aliphatic heterocycles. The molecule has 0 atom stereocenters. The molecule has 5 nitrogen and oxygen atoms in total. The average molecular weight is 231 g/mol. The summed E-state index contributed by atoms with van der Waals surface area (Å²) in [5.74, 6) is 2.02. The van der Waals surface area contributed by atoms with Crippen molar-refractivity contribution < 1.29 is 9.26 Å². The van der Waals surface area contributed by atoms with Gasteiger partial charge in [0.05, 0.1) is 11.3 Å². The maximum atomic E-state index is 5.66. The lowest BCUT2D eigenvalue weighted by Crippen LogP contribution is -2.18. The summed E-state index contributed by atoms with van der Waals surface area (Å²) < 4.78 is 10.9. The van der Waals surface area contributed by atoms with Crippen LogP contribution in [0.15, 0.2) is 22.7 Å².